The topological polar surface area (TPSA) is 64.9 Å². The van der Waals surface area contributed by atoms with Crippen LogP contribution in [0.1, 0.15) is 28.3 Å². The van der Waals surface area contributed by atoms with Crippen LogP contribution in [-0.2, 0) is 12.6 Å². The predicted octanol–water partition coefficient (Wildman–Crippen LogP) is 3.23. The molecule has 0 fully saturated rings. The summed E-state index contributed by atoms with van der Waals surface area (Å²) in [6.45, 7) is 1.85. The lowest BCUT2D eigenvalue weighted by atomic mass is 9.98. The molecule has 1 aromatic heterocycles. The van der Waals surface area contributed by atoms with Crippen LogP contribution in [0, 0.1) is 6.92 Å². The number of alkyl halides is 3. The van der Waals surface area contributed by atoms with Gasteiger partial charge in [0.25, 0.3) is 0 Å². The lowest BCUT2D eigenvalue weighted by Crippen LogP contribution is -2.16. The molecule has 0 amide bonds. The second-order valence-corrected chi connectivity index (χ2v) is 5.00. The van der Waals surface area contributed by atoms with Crippen LogP contribution >= 0.6 is 0 Å². The number of nitrogens with zero attached hydrogens (tertiary/aromatic N) is 1. The van der Waals surface area contributed by atoms with Gasteiger partial charge in [-0.1, -0.05) is 18.2 Å². The number of anilines is 1. The first-order chi connectivity index (χ1) is 9.77. The zero-order chi connectivity index (χ0) is 15.6. The Morgan fingerprint density at radius 2 is 1.95 bits per heavy atom. The summed E-state index contributed by atoms with van der Waals surface area (Å²) in [6, 6.07) is 6.45. The highest BCUT2D eigenvalue weighted by Crippen LogP contribution is 2.30. The fourth-order valence-corrected chi connectivity index (χ4v) is 2.14. The van der Waals surface area contributed by atoms with Gasteiger partial charge in [-0.3, -0.25) is 0 Å². The molecule has 0 radical (unpaired) electrons. The lowest BCUT2D eigenvalue weighted by molar-refractivity contribution is -0.137. The van der Waals surface area contributed by atoms with E-state index in [1.54, 1.807) is 18.3 Å². The van der Waals surface area contributed by atoms with Crippen molar-refractivity contribution >= 4 is 5.82 Å². The Labute approximate surface area is 120 Å². The monoisotopic (exact) mass is 295 g/mol. The summed E-state index contributed by atoms with van der Waals surface area (Å²) in [5.74, 6) is 0.306. The molecule has 1 atom stereocenters. The Kier molecular flexibility index (Phi) is 4.18. The van der Waals surface area contributed by atoms with Gasteiger partial charge >= 0.3 is 6.18 Å². The number of hydrogen-bond donors (Lipinski definition) is 2. The van der Waals surface area contributed by atoms with Gasteiger partial charge in [-0.05, 0) is 36.6 Å². The van der Waals surface area contributed by atoms with E-state index in [-0.39, 0.29) is 6.42 Å². The minimum absolute atomic E-state index is 0.263. The fourth-order valence-electron chi connectivity index (χ4n) is 2.14. The van der Waals surface area contributed by atoms with Crippen LogP contribution in [-0.4, -0.2) is 4.98 Å². The van der Waals surface area contributed by atoms with Gasteiger partial charge in [0.2, 0.25) is 0 Å². The smallest absolute Gasteiger partial charge is 0.383 e. The Hall–Kier alpha value is -2.08. The third kappa shape index (κ3) is 3.72. The second-order valence-electron chi connectivity index (χ2n) is 5.00. The standard InChI is InChI=1S/C15H16F3N3/c1-9-5-12(14(20)21-8-9)13(19)7-10-3-2-4-11(6-10)15(16,17)18/h2-6,8,13H,7,19H2,1H3,(H2,20,21). The molecule has 0 saturated carbocycles. The van der Waals surface area contributed by atoms with Gasteiger partial charge in [-0.2, -0.15) is 13.2 Å². The maximum absolute atomic E-state index is 12.7. The van der Waals surface area contributed by atoms with Gasteiger partial charge < -0.3 is 11.5 Å². The molecule has 1 heterocycles. The minimum atomic E-state index is -4.36. The van der Waals surface area contributed by atoms with Crippen LogP contribution < -0.4 is 11.5 Å². The molecule has 1 aromatic carbocycles. The SMILES string of the molecule is Cc1cnc(N)c(C(N)Cc2cccc(C(F)(F)F)c2)c1. The van der Waals surface area contributed by atoms with Crippen molar-refractivity contribution in [3.8, 4) is 0 Å². The molecule has 21 heavy (non-hydrogen) atoms. The van der Waals surface area contributed by atoms with E-state index < -0.39 is 17.8 Å². The Bertz CT molecular complexity index is 638. The Balaban J connectivity index is 2.23. The largest absolute Gasteiger partial charge is 0.416 e. The van der Waals surface area contributed by atoms with Crippen molar-refractivity contribution in [1.29, 1.82) is 0 Å². The van der Waals surface area contributed by atoms with Gasteiger partial charge in [-0.25, -0.2) is 4.98 Å². The molecule has 2 rings (SSSR count). The van der Waals surface area contributed by atoms with E-state index in [0.29, 0.717) is 16.9 Å². The summed E-state index contributed by atoms with van der Waals surface area (Å²) < 4.78 is 38.1. The van der Waals surface area contributed by atoms with Crippen molar-refractivity contribution in [2.75, 3.05) is 5.73 Å². The van der Waals surface area contributed by atoms with Crippen LogP contribution in [0.4, 0.5) is 19.0 Å². The molecule has 112 valence electrons. The summed E-state index contributed by atoms with van der Waals surface area (Å²) >= 11 is 0. The number of hydrogen-bond acceptors (Lipinski definition) is 3. The average Bonchev–Trinajstić information content (AvgIpc) is 2.41. The highest BCUT2D eigenvalue weighted by Gasteiger charge is 2.30. The second kappa shape index (κ2) is 5.73. The molecule has 6 heteroatoms. The van der Waals surface area contributed by atoms with Crippen molar-refractivity contribution in [3.63, 3.8) is 0 Å². The Morgan fingerprint density at radius 1 is 1.24 bits per heavy atom. The minimum Gasteiger partial charge on any atom is -0.383 e. The first kappa shape index (κ1) is 15.3. The molecule has 0 aliphatic heterocycles. The van der Waals surface area contributed by atoms with Crippen molar-refractivity contribution in [3.05, 3.63) is 58.8 Å². The van der Waals surface area contributed by atoms with Crippen molar-refractivity contribution in [1.82, 2.24) is 4.98 Å². The summed E-state index contributed by atoms with van der Waals surface area (Å²) in [6.07, 6.45) is -2.47. The van der Waals surface area contributed by atoms with E-state index in [9.17, 15) is 13.2 Å². The maximum atomic E-state index is 12.7. The van der Waals surface area contributed by atoms with Crippen LogP contribution in [0.3, 0.4) is 0 Å². The summed E-state index contributed by atoms with van der Waals surface area (Å²) in [5.41, 5.74) is 13.2. The molecular formula is C15H16F3N3. The maximum Gasteiger partial charge on any atom is 0.416 e. The zero-order valence-corrected chi connectivity index (χ0v) is 11.5. The quantitative estimate of drug-likeness (QED) is 0.913. The molecule has 4 N–H and O–H groups in total. The number of aryl methyl sites for hydroxylation is 1. The van der Waals surface area contributed by atoms with E-state index in [2.05, 4.69) is 4.98 Å². The summed E-state index contributed by atoms with van der Waals surface area (Å²) in [4.78, 5) is 4.02. The normalized spacial score (nSPS) is 13.2. The third-order valence-electron chi connectivity index (χ3n) is 3.20. The number of halogens is 3. The first-order valence-electron chi connectivity index (χ1n) is 6.41. The number of nitrogens with two attached hydrogens (primary N) is 2. The van der Waals surface area contributed by atoms with Crippen LogP contribution in [0.15, 0.2) is 36.5 Å². The molecule has 3 nitrogen and oxygen atoms in total. The summed E-state index contributed by atoms with van der Waals surface area (Å²) in [5, 5.41) is 0. The number of nitrogen functional groups attached to an aromatic ring is 1. The molecule has 0 aliphatic rings. The van der Waals surface area contributed by atoms with E-state index in [0.717, 1.165) is 17.7 Å². The molecule has 0 spiro atoms. The number of aromatic nitrogens is 1. The number of rotatable bonds is 3. The van der Waals surface area contributed by atoms with Crippen LogP contribution in [0.25, 0.3) is 0 Å². The molecule has 2 aromatic rings. The van der Waals surface area contributed by atoms with Gasteiger partial charge in [0, 0.05) is 17.8 Å². The van der Waals surface area contributed by atoms with Gasteiger partial charge in [0.15, 0.2) is 0 Å². The lowest BCUT2D eigenvalue weighted by Gasteiger charge is -2.15. The van der Waals surface area contributed by atoms with Gasteiger partial charge in [0.1, 0.15) is 5.82 Å². The highest BCUT2D eigenvalue weighted by molar-refractivity contribution is 5.43. The fraction of sp³-hybridized carbons (Fsp3) is 0.267. The van der Waals surface area contributed by atoms with E-state index in [1.165, 1.54) is 6.07 Å². The molecule has 1 unspecified atom stereocenters. The third-order valence-corrected chi connectivity index (χ3v) is 3.20. The van der Waals surface area contributed by atoms with Crippen molar-refractivity contribution in [2.24, 2.45) is 5.73 Å². The summed E-state index contributed by atoms with van der Waals surface area (Å²) in [7, 11) is 0. The zero-order valence-electron chi connectivity index (χ0n) is 11.5. The molecular weight excluding hydrogens is 279 g/mol. The molecule has 0 aliphatic carbocycles. The Morgan fingerprint density at radius 3 is 2.62 bits per heavy atom. The van der Waals surface area contributed by atoms with Crippen molar-refractivity contribution < 1.29 is 13.2 Å². The van der Waals surface area contributed by atoms with Crippen molar-refractivity contribution in [2.45, 2.75) is 25.6 Å². The highest BCUT2D eigenvalue weighted by atomic mass is 19.4. The molecule has 0 saturated heterocycles. The average molecular weight is 295 g/mol. The van der Waals surface area contributed by atoms with E-state index >= 15 is 0 Å². The van der Waals surface area contributed by atoms with Crippen LogP contribution in [0.5, 0.6) is 0 Å². The first-order valence-corrected chi connectivity index (χ1v) is 6.41. The van der Waals surface area contributed by atoms with E-state index in [4.69, 9.17) is 11.5 Å². The van der Waals surface area contributed by atoms with E-state index in [1.807, 2.05) is 6.92 Å². The van der Waals surface area contributed by atoms with Crippen LogP contribution in [0.2, 0.25) is 0 Å². The predicted molar refractivity (Wildman–Crippen MR) is 75.5 cm³/mol. The van der Waals surface area contributed by atoms with Gasteiger partial charge in [-0.15, -0.1) is 0 Å². The number of pyridine rings is 1. The number of benzene rings is 1. The molecule has 0 bridgehead atoms. The van der Waals surface area contributed by atoms with Gasteiger partial charge in [0.05, 0.1) is 5.56 Å².